The predicted octanol–water partition coefficient (Wildman–Crippen LogP) is 5.04. The first kappa shape index (κ1) is 28.9. The number of nitrogens with zero attached hydrogens (tertiary/aromatic N) is 7. The highest BCUT2D eigenvalue weighted by molar-refractivity contribution is 5.87. The fourth-order valence-corrected chi connectivity index (χ4v) is 4.82. The number of rotatable bonds is 8. The van der Waals surface area contributed by atoms with E-state index < -0.39 is 5.60 Å². The molecule has 1 fully saturated rings. The van der Waals surface area contributed by atoms with Crippen molar-refractivity contribution in [2.75, 3.05) is 39.3 Å². The number of piperazine rings is 1. The molecule has 5 heterocycles. The molecule has 10 nitrogen and oxygen atoms in total. The summed E-state index contributed by atoms with van der Waals surface area (Å²) < 4.78 is 13.2. The van der Waals surface area contributed by atoms with E-state index in [9.17, 15) is 4.79 Å². The zero-order valence-electron chi connectivity index (χ0n) is 24.7. The summed E-state index contributed by atoms with van der Waals surface area (Å²) in [6.07, 6.45) is 12.6. The topological polar surface area (TPSA) is 98.0 Å². The van der Waals surface area contributed by atoms with Crippen LogP contribution in [0.1, 0.15) is 37.6 Å². The molecule has 218 valence electrons. The zero-order chi connectivity index (χ0) is 29.7. The van der Waals surface area contributed by atoms with Gasteiger partial charge in [0.05, 0.1) is 6.20 Å². The molecule has 0 aromatic carbocycles. The minimum absolute atomic E-state index is 0.251. The number of hydrogen-bond acceptors (Lipinski definition) is 8. The van der Waals surface area contributed by atoms with Crippen LogP contribution in [0.3, 0.4) is 0 Å². The summed E-state index contributed by atoms with van der Waals surface area (Å²) in [4.78, 5) is 30.0. The number of amides is 1. The van der Waals surface area contributed by atoms with Gasteiger partial charge >= 0.3 is 6.09 Å². The van der Waals surface area contributed by atoms with E-state index in [1.165, 1.54) is 0 Å². The lowest BCUT2D eigenvalue weighted by molar-refractivity contribution is 0.0136. The number of ether oxygens (including phenoxy) is 2. The lowest BCUT2D eigenvalue weighted by atomic mass is 9.98. The van der Waals surface area contributed by atoms with Crippen LogP contribution in [0.25, 0.3) is 22.3 Å². The van der Waals surface area contributed by atoms with Crippen LogP contribution in [0, 0.1) is 6.92 Å². The van der Waals surface area contributed by atoms with E-state index in [0.717, 1.165) is 58.8 Å². The number of hydrogen-bond donors (Lipinski definition) is 0. The Morgan fingerprint density at radius 3 is 2.48 bits per heavy atom. The Labute approximate surface area is 246 Å². The number of pyridine rings is 2. The molecule has 4 aromatic heterocycles. The third-order valence-electron chi connectivity index (χ3n) is 6.98. The SMILES string of the molecule is C=C/C=C(\c1cccnc1C)c1cnn2cc(-c3ccc(OCCN4CCN(C(=O)OC(C)(C)C)CC4)nc3)cnc12. The summed E-state index contributed by atoms with van der Waals surface area (Å²) in [7, 11) is 0. The van der Waals surface area contributed by atoms with Gasteiger partial charge in [0.2, 0.25) is 5.88 Å². The molecule has 0 atom stereocenters. The van der Waals surface area contributed by atoms with Crippen LogP contribution in [0.2, 0.25) is 0 Å². The van der Waals surface area contributed by atoms with Gasteiger partial charge in [-0.15, -0.1) is 0 Å². The molecule has 1 saturated heterocycles. The van der Waals surface area contributed by atoms with Crippen molar-refractivity contribution in [3.63, 3.8) is 0 Å². The first-order valence-corrected chi connectivity index (χ1v) is 14.1. The van der Waals surface area contributed by atoms with E-state index in [1.54, 1.807) is 27.9 Å². The van der Waals surface area contributed by atoms with Crippen LogP contribution < -0.4 is 4.74 Å². The molecule has 0 radical (unpaired) electrons. The predicted molar refractivity (Wildman–Crippen MR) is 162 cm³/mol. The van der Waals surface area contributed by atoms with Crippen molar-refractivity contribution in [3.8, 4) is 17.0 Å². The van der Waals surface area contributed by atoms with Crippen LogP contribution in [0.5, 0.6) is 5.88 Å². The molecule has 0 N–H and O–H groups in total. The van der Waals surface area contributed by atoms with Crippen molar-refractivity contribution < 1.29 is 14.3 Å². The second-order valence-corrected chi connectivity index (χ2v) is 11.2. The summed E-state index contributed by atoms with van der Waals surface area (Å²) in [6.45, 7) is 15.6. The molecular weight excluding hydrogens is 530 g/mol. The highest BCUT2D eigenvalue weighted by atomic mass is 16.6. The molecule has 1 aliphatic heterocycles. The van der Waals surface area contributed by atoms with Gasteiger partial charge in [0, 0.05) is 91.5 Å². The van der Waals surface area contributed by atoms with E-state index in [0.29, 0.717) is 25.6 Å². The molecule has 42 heavy (non-hydrogen) atoms. The molecule has 10 heteroatoms. The maximum Gasteiger partial charge on any atom is 0.410 e. The number of carbonyl (C=O) groups excluding carboxylic acids is 1. The van der Waals surface area contributed by atoms with Gasteiger partial charge < -0.3 is 14.4 Å². The number of aromatic nitrogens is 5. The highest BCUT2D eigenvalue weighted by Crippen LogP contribution is 2.29. The Morgan fingerprint density at radius 2 is 1.79 bits per heavy atom. The first-order chi connectivity index (χ1) is 20.2. The lowest BCUT2D eigenvalue weighted by Crippen LogP contribution is -2.50. The third-order valence-corrected chi connectivity index (χ3v) is 6.98. The van der Waals surface area contributed by atoms with E-state index in [2.05, 4.69) is 26.5 Å². The van der Waals surface area contributed by atoms with Crippen LogP contribution in [-0.2, 0) is 4.74 Å². The van der Waals surface area contributed by atoms with E-state index in [4.69, 9.17) is 14.5 Å². The number of allylic oxidation sites excluding steroid dienone is 2. The standard InChI is InChI=1S/C32H37N7O3/c1-6-8-27(26-9-7-12-33-23(26)2)28-21-36-39-22-25(20-35-30(28)39)24-10-11-29(34-19-24)41-18-17-37-13-15-38(16-14-37)31(40)42-32(3,4)5/h6-12,19-22H,1,13-18H2,2-5H3/b27-8+. The van der Waals surface area contributed by atoms with Crippen molar-refractivity contribution in [1.29, 1.82) is 0 Å². The minimum atomic E-state index is -0.483. The maximum absolute atomic E-state index is 12.3. The zero-order valence-corrected chi connectivity index (χ0v) is 24.7. The Bertz CT molecular complexity index is 1580. The van der Waals surface area contributed by atoms with Crippen molar-refractivity contribution in [1.82, 2.24) is 34.4 Å². The molecule has 1 amide bonds. The van der Waals surface area contributed by atoms with Gasteiger partial charge in [-0.2, -0.15) is 5.10 Å². The van der Waals surface area contributed by atoms with Gasteiger partial charge in [0.25, 0.3) is 0 Å². The molecule has 0 saturated carbocycles. The van der Waals surface area contributed by atoms with Gasteiger partial charge in [-0.05, 0) is 45.4 Å². The molecule has 0 aliphatic carbocycles. The molecule has 0 unspecified atom stereocenters. The lowest BCUT2D eigenvalue weighted by Gasteiger charge is -2.35. The molecule has 5 rings (SSSR count). The molecule has 1 aliphatic rings. The molecular formula is C32H37N7O3. The average Bonchev–Trinajstić information content (AvgIpc) is 3.39. The fourth-order valence-electron chi connectivity index (χ4n) is 4.82. The minimum Gasteiger partial charge on any atom is -0.476 e. The highest BCUT2D eigenvalue weighted by Gasteiger charge is 2.25. The summed E-state index contributed by atoms with van der Waals surface area (Å²) in [6, 6.07) is 7.80. The number of carbonyl (C=O) groups is 1. The van der Waals surface area contributed by atoms with E-state index in [1.807, 2.05) is 76.6 Å². The van der Waals surface area contributed by atoms with E-state index >= 15 is 0 Å². The molecule has 0 spiro atoms. The van der Waals surface area contributed by atoms with Crippen LogP contribution in [0.4, 0.5) is 4.79 Å². The summed E-state index contributed by atoms with van der Waals surface area (Å²) in [5, 5.41) is 4.58. The van der Waals surface area contributed by atoms with Gasteiger partial charge in [0.1, 0.15) is 12.2 Å². The average molecular weight is 568 g/mol. The number of fused-ring (bicyclic) bond motifs is 1. The first-order valence-electron chi connectivity index (χ1n) is 14.1. The smallest absolute Gasteiger partial charge is 0.410 e. The van der Waals surface area contributed by atoms with Gasteiger partial charge in [-0.3, -0.25) is 9.88 Å². The molecule has 4 aromatic rings. The van der Waals surface area contributed by atoms with Crippen molar-refractivity contribution >= 4 is 17.3 Å². The van der Waals surface area contributed by atoms with Gasteiger partial charge in [0.15, 0.2) is 5.65 Å². The largest absolute Gasteiger partial charge is 0.476 e. The summed E-state index contributed by atoms with van der Waals surface area (Å²) in [5.74, 6) is 0.563. The summed E-state index contributed by atoms with van der Waals surface area (Å²) in [5.41, 5.74) is 5.89. The van der Waals surface area contributed by atoms with Gasteiger partial charge in [-0.1, -0.05) is 24.8 Å². The van der Waals surface area contributed by atoms with E-state index in [-0.39, 0.29) is 6.09 Å². The van der Waals surface area contributed by atoms with Gasteiger partial charge in [-0.25, -0.2) is 19.3 Å². The van der Waals surface area contributed by atoms with Crippen LogP contribution in [-0.4, -0.2) is 85.4 Å². The Hall–Kier alpha value is -4.57. The Kier molecular flexibility index (Phi) is 8.63. The second-order valence-electron chi connectivity index (χ2n) is 11.2. The van der Waals surface area contributed by atoms with Crippen LogP contribution in [0.15, 0.2) is 74.0 Å². The maximum atomic E-state index is 12.3. The molecule has 0 bridgehead atoms. The Morgan fingerprint density at radius 1 is 1.00 bits per heavy atom. The normalized spacial score (nSPS) is 14.7. The third kappa shape index (κ3) is 6.83. The second kappa shape index (κ2) is 12.5. The Balaban J connectivity index is 1.18. The van der Waals surface area contributed by atoms with Crippen molar-refractivity contribution in [3.05, 3.63) is 90.8 Å². The van der Waals surface area contributed by atoms with Crippen molar-refractivity contribution in [2.24, 2.45) is 0 Å². The van der Waals surface area contributed by atoms with Crippen LogP contribution >= 0.6 is 0 Å². The number of aryl methyl sites for hydroxylation is 1. The summed E-state index contributed by atoms with van der Waals surface area (Å²) >= 11 is 0. The fraction of sp³-hybridized carbons (Fsp3) is 0.344. The van der Waals surface area contributed by atoms with Crippen molar-refractivity contribution in [2.45, 2.75) is 33.3 Å². The quantitative estimate of drug-likeness (QED) is 0.273. The monoisotopic (exact) mass is 567 g/mol.